The van der Waals surface area contributed by atoms with Gasteiger partial charge < -0.3 is 14.8 Å². The third-order valence-electron chi connectivity index (χ3n) is 3.14. The molecule has 0 saturated carbocycles. The molecular formula is C13H16N2O3. The summed E-state index contributed by atoms with van der Waals surface area (Å²) in [7, 11) is 1.68. The van der Waals surface area contributed by atoms with E-state index in [4.69, 9.17) is 9.94 Å². The molecule has 2 rings (SSSR count). The predicted molar refractivity (Wildman–Crippen MR) is 67.4 cm³/mol. The number of nitrogens with zero attached hydrogens (tertiary/aromatic N) is 2. The van der Waals surface area contributed by atoms with Gasteiger partial charge in [0.05, 0.1) is 5.71 Å². The summed E-state index contributed by atoms with van der Waals surface area (Å²) >= 11 is 0. The first-order chi connectivity index (χ1) is 8.65. The molecule has 0 atom stereocenters. The van der Waals surface area contributed by atoms with Crippen molar-refractivity contribution in [3.8, 4) is 5.75 Å². The molecule has 0 radical (unpaired) electrons. The Balaban J connectivity index is 2.19. The topological polar surface area (TPSA) is 62.1 Å². The van der Waals surface area contributed by atoms with E-state index in [1.54, 1.807) is 19.2 Å². The third-order valence-corrected chi connectivity index (χ3v) is 3.14. The number of hydrogen-bond acceptors (Lipinski definition) is 4. The zero-order valence-electron chi connectivity index (χ0n) is 10.5. The molecular weight excluding hydrogens is 232 g/mol. The molecule has 0 bridgehead atoms. The van der Waals surface area contributed by atoms with E-state index in [2.05, 4.69) is 5.16 Å². The molecule has 96 valence electrons. The molecule has 0 aromatic heterocycles. The Morgan fingerprint density at radius 2 is 2.28 bits per heavy atom. The highest BCUT2D eigenvalue weighted by Crippen LogP contribution is 2.26. The van der Waals surface area contributed by atoms with E-state index in [1.807, 2.05) is 13.0 Å². The molecule has 0 heterocycles. The van der Waals surface area contributed by atoms with Gasteiger partial charge >= 0.3 is 6.09 Å². The Kier molecular flexibility index (Phi) is 3.50. The van der Waals surface area contributed by atoms with Crippen molar-refractivity contribution in [3.63, 3.8) is 0 Å². The Morgan fingerprint density at radius 3 is 2.94 bits per heavy atom. The van der Waals surface area contributed by atoms with Gasteiger partial charge in [-0.3, -0.25) is 0 Å². The van der Waals surface area contributed by atoms with Crippen molar-refractivity contribution in [2.45, 2.75) is 19.8 Å². The van der Waals surface area contributed by atoms with Crippen LogP contribution in [-0.2, 0) is 6.42 Å². The van der Waals surface area contributed by atoms with Crippen LogP contribution in [0.2, 0.25) is 0 Å². The standard InChI is InChI=1S/C13H16N2O3/c1-3-15(2)13(16)18-10-6-4-9-5-7-12(14-17)11(9)8-10/h4,6,8,17H,3,5,7H2,1-2H3/b14-12-. The number of benzene rings is 1. The molecule has 1 amide bonds. The first-order valence-corrected chi connectivity index (χ1v) is 5.93. The van der Waals surface area contributed by atoms with E-state index in [1.165, 1.54) is 4.90 Å². The second-order valence-electron chi connectivity index (χ2n) is 4.25. The average molecular weight is 248 g/mol. The van der Waals surface area contributed by atoms with Gasteiger partial charge in [0.1, 0.15) is 5.75 Å². The summed E-state index contributed by atoms with van der Waals surface area (Å²) in [4.78, 5) is 13.1. The summed E-state index contributed by atoms with van der Waals surface area (Å²) in [5, 5.41) is 12.1. The highest BCUT2D eigenvalue weighted by Gasteiger charge is 2.19. The van der Waals surface area contributed by atoms with Crippen molar-refractivity contribution in [1.29, 1.82) is 0 Å². The van der Waals surface area contributed by atoms with Gasteiger partial charge in [-0.2, -0.15) is 0 Å². The van der Waals surface area contributed by atoms with Crippen LogP contribution in [0.1, 0.15) is 24.5 Å². The van der Waals surface area contributed by atoms with Crippen molar-refractivity contribution in [2.75, 3.05) is 13.6 Å². The first-order valence-electron chi connectivity index (χ1n) is 5.93. The van der Waals surface area contributed by atoms with Crippen molar-refractivity contribution >= 4 is 11.8 Å². The van der Waals surface area contributed by atoms with Crippen molar-refractivity contribution in [2.24, 2.45) is 5.16 Å². The van der Waals surface area contributed by atoms with Gasteiger partial charge in [0.2, 0.25) is 0 Å². The second kappa shape index (κ2) is 5.08. The maximum Gasteiger partial charge on any atom is 0.414 e. The fraction of sp³-hybridized carbons (Fsp3) is 0.385. The number of fused-ring (bicyclic) bond motifs is 1. The lowest BCUT2D eigenvalue weighted by Gasteiger charge is -2.14. The van der Waals surface area contributed by atoms with Gasteiger partial charge in [-0.25, -0.2) is 4.79 Å². The second-order valence-corrected chi connectivity index (χ2v) is 4.25. The van der Waals surface area contributed by atoms with Crippen molar-refractivity contribution in [1.82, 2.24) is 4.90 Å². The number of hydrogen-bond donors (Lipinski definition) is 1. The van der Waals surface area contributed by atoms with Gasteiger partial charge in [0.25, 0.3) is 0 Å². The molecule has 1 aliphatic carbocycles. The van der Waals surface area contributed by atoms with Crippen LogP contribution in [0.3, 0.4) is 0 Å². The summed E-state index contributed by atoms with van der Waals surface area (Å²) < 4.78 is 5.24. The minimum atomic E-state index is -0.391. The summed E-state index contributed by atoms with van der Waals surface area (Å²) in [6, 6.07) is 5.42. The Bertz CT molecular complexity index is 497. The fourth-order valence-electron chi connectivity index (χ4n) is 1.91. The van der Waals surface area contributed by atoms with E-state index in [-0.39, 0.29) is 0 Å². The number of rotatable bonds is 2. The van der Waals surface area contributed by atoms with Gasteiger partial charge in [-0.1, -0.05) is 11.2 Å². The lowest BCUT2D eigenvalue weighted by molar-refractivity contribution is 0.165. The molecule has 1 N–H and O–H groups in total. The molecule has 18 heavy (non-hydrogen) atoms. The quantitative estimate of drug-likeness (QED) is 0.645. The van der Waals surface area contributed by atoms with E-state index in [9.17, 15) is 4.79 Å². The van der Waals surface area contributed by atoms with Gasteiger partial charge in [0.15, 0.2) is 0 Å². The highest BCUT2D eigenvalue weighted by molar-refractivity contribution is 6.04. The largest absolute Gasteiger partial charge is 0.414 e. The molecule has 0 unspecified atom stereocenters. The molecule has 5 nitrogen and oxygen atoms in total. The normalized spacial score (nSPS) is 15.6. The zero-order chi connectivity index (χ0) is 13.1. The molecule has 0 spiro atoms. The lowest BCUT2D eigenvalue weighted by Crippen LogP contribution is -2.29. The number of aryl methyl sites for hydroxylation is 1. The highest BCUT2D eigenvalue weighted by atomic mass is 16.6. The molecule has 5 heteroatoms. The molecule has 1 aliphatic rings. The third kappa shape index (κ3) is 2.30. The van der Waals surface area contributed by atoms with Crippen LogP contribution >= 0.6 is 0 Å². The molecule has 0 aliphatic heterocycles. The van der Waals surface area contributed by atoms with Crippen molar-refractivity contribution < 1.29 is 14.7 Å². The number of carbonyl (C=O) groups is 1. The molecule has 1 aromatic rings. The Morgan fingerprint density at radius 1 is 1.50 bits per heavy atom. The monoisotopic (exact) mass is 248 g/mol. The average Bonchev–Trinajstić information content (AvgIpc) is 2.79. The van der Waals surface area contributed by atoms with Crippen LogP contribution in [0.4, 0.5) is 4.79 Å². The number of ether oxygens (including phenoxy) is 1. The maximum absolute atomic E-state index is 11.6. The van der Waals surface area contributed by atoms with E-state index < -0.39 is 6.09 Å². The number of oxime groups is 1. The van der Waals surface area contributed by atoms with Crippen LogP contribution < -0.4 is 4.74 Å². The molecule has 1 aromatic carbocycles. The number of amides is 1. The van der Waals surface area contributed by atoms with Gasteiger partial charge in [-0.15, -0.1) is 0 Å². The molecule has 0 fully saturated rings. The zero-order valence-corrected chi connectivity index (χ0v) is 10.5. The maximum atomic E-state index is 11.6. The van der Waals surface area contributed by atoms with Crippen LogP contribution in [0.5, 0.6) is 5.75 Å². The van der Waals surface area contributed by atoms with Crippen molar-refractivity contribution in [3.05, 3.63) is 29.3 Å². The molecule has 0 saturated heterocycles. The van der Waals surface area contributed by atoms with Gasteiger partial charge in [0, 0.05) is 19.2 Å². The summed E-state index contributed by atoms with van der Waals surface area (Å²) in [5.41, 5.74) is 2.63. The summed E-state index contributed by atoms with van der Waals surface area (Å²) in [5.74, 6) is 0.474. The minimum absolute atomic E-state index is 0.391. The lowest BCUT2D eigenvalue weighted by atomic mass is 10.1. The van der Waals surface area contributed by atoms with Crippen LogP contribution in [0.15, 0.2) is 23.4 Å². The van der Waals surface area contributed by atoms with Crippen LogP contribution in [-0.4, -0.2) is 35.5 Å². The van der Waals surface area contributed by atoms with Gasteiger partial charge in [-0.05, 0) is 37.5 Å². The Labute approximate surface area is 106 Å². The van der Waals surface area contributed by atoms with Crippen LogP contribution in [0, 0.1) is 0 Å². The minimum Gasteiger partial charge on any atom is -0.411 e. The summed E-state index contributed by atoms with van der Waals surface area (Å²) in [6.07, 6.45) is 1.19. The first kappa shape index (κ1) is 12.4. The number of carbonyl (C=O) groups excluding carboxylic acids is 1. The summed E-state index contributed by atoms with van der Waals surface area (Å²) in [6.45, 7) is 2.47. The smallest absolute Gasteiger partial charge is 0.411 e. The Hall–Kier alpha value is -2.04. The SMILES string of the molecule is CCN(C)C(=O)Oc1ccc2c(c1)/C(=N\O)CC2. The van der Waals surface area contributed by atoms with E-state index in [0.29, 0.717) is 18.0 Å². The predicted octanol–water partition coefficient (Wildman–Crippen LogP) is 2.26. The fourth-order valence-corrected chi connectivity index (χ4v) is 1.91. The van der Waals surface area contributed by atoms with Crippen LogP contribution in [0.25, 0.3) is 0 Å². The van der Waals surface area contributed by atoms with E-state index in [0.717, 1.165) is 24.0 Å². The van der Waals surface area contributed by atoms with E-state index >= 15 is 0 Å².